The number of morpholine rings is 1. The van der Waals surface area contributed by atoms with E-state index >= 15 is 0 Å². The van der Waals surface area contributed by atoms with Crippen molar-refractivity contribution in [3.05, 3.63) is 65.2 Å². The average Bonchev–Trinajstić information content (AvgIpc) is 2.90. The normalized spacial score (nSPS) is 21.0. The van der Waals surface area contributed by atoms with Gasteiger partial charge in [0, 0.05) is 31.6 Å². The first-order valence-corrected chi connectivity index (χ1v) is 13.5. The topological polar surface area (TPSA) is 62.3 Å². The number of hydrogen-bond acceptors (Lipinski definition) is 5. The molecule has 2 amide bonds. The van der Waals surface area contributed by atoms with Crippen molar-refractivity contribution in [3.63, 3.8) is 0 Å². The Balaban J connectivity index is 1.44. The van der Waals surface area contributed by atoms with Crippen LogP contribution in [-0.4, -0.2) is 85.6 Å². The number of amides is 2. The molecule has 0 aliphatic carbocycles. The maximum Gasteiger partial charge on any atom is 0.225 e. The lowest BCUT2D eigenvalue weighted by atomic mass is 9.92. The molecule has 0 radical (unpaired) electrons. The van der Waals surface area contributed by atoms with E-state index in [1.54, 1.807) is 36.2 Å². The first kappa shape index (κ1) is 27.4. The Bertz CT molecular complexity index is 1030. The number of benzene rings is 2. The van der Waals surface area contributed by atoms with Gasteiger partial charge in [-0.05, 0) is 68.7 Å². The van der Waals surface area contributed by atoms with Crippen LogP contribution in [0, 0.1) is 5.92 Å². The second-order valence-electron chi connectivity index (χ2n) is 10.5. The van der Waals surface area contributed by atoms with Crippen LogP contribution in [0.15, 0.2) is 54.6 Å². The van der Waals surface area contributed by atoms with Gasteiger partial charge in [0.2, 0.25) is 11.8 Å². The van der Waals surface area contributed by atoms with Crippen LogP contribution in [-0.2, 0) is 20.9 Å². The van der Waals surface area contributed by atoms with Gasteiger partial charge in [0.05, 0.1) is 19.6 Å². The van der Waals surface area contributed by atoms with Gasteiger partial charge in [0.1, 0.15) is 18.0 Å². The molecular weight excluding hydrogens is 490 g/mol. The molecule has 0 bridgehead atoms. The van der Waals surface area contributed by atoms with E-state index in [0.717, 1.165) is 31.5 Å². The molecule has 2 aromatic carbocycles. The monoisotopic (exact) mass is 527 g/mol. The third-order valence-corrected chi connectivity index (χ3v) is 7.63. The summed E-state index contributed by atoms with van der Waals surface area (Å²) >= 11 is 6.02. The van der Waals surface area contributed by atoms with Crippen LogP contribution in [0.1, 0.15) is 31.2 Å². The predicted octanol–water partition coefficient (Wildman–Crippen LogP) is 4.10. The Morgan fingerprint density at radius 1 is 1.08 bits per heavy atom. The summed E-state index contributed by atoms with van der Waals surface area (Å²) in [5.74, 6) is 1.14. The molecule has 0 N–H and O–H groups in total. The van der Waals surface area contributed by atoms with Gasteiger partial charge in [0.25, 0.3) is 0 Å². The highest BCUT2D eigenvalue weighted by Gasteiger charge is 2.42. The number of halogens is 1. The molecule has 7 nitrogen and oxygen atoms in total. The van der Waals surface area contributed by atoms with Gasteiger partial charge in [-0.25, -0.2) is 0 Å². The fraction of sp³-hybridized carbons (Fsp3) is 0.517. The van der Waals surface area contributed by atoms with Crippen LogP contribution in [0.25, 0.3) is 0 Å². The maximum atomic E-state index is 13.4. The molecule has 1 unspecified atom stereocenters. The SMILES string of the molecule is CN1CCC(CC(=O)N2CCOC(COc3ccc(Cl)cc3)(CC(=O)N(C)Cc3ccccc3)C2)CC1. The molecule has 4 rings (SSSR count). The number of hydrogen-bond donors (Lipinski definition) is 0. The number of nitrogens with zero attached hydrogens (tertiary/aromatic N) is 3. The van der Waals surface area contributed by atoms with Crippen LogP contribution in [0.2, 0.25) is 5.02 Å². The number of carbonyl (C=O) groups excluding carboxylic acids is 2. The van der Waals surface area contributed by atoms with Crippen molar-refractivity contribution < 1.29 is 19.1 Å². The summed E-state index contributed by atoms with van der Waals surface area (Å²) in [4.78, 5) is 32.6. The zero-order chi connectivity index (χ0) is 26.3. The van der Waals surface area contributed by atoms with E-state index in [-0.39, 0.29) is 24.8 Å². The van der Waals surface area contributed by atoms with Crippen molar-refractivity contribution >= 4 is 23.4 Å². The molecule has 0 spiro atoms. The Morgan fingerprint density at radius 3 is 2.49 bits per heavy atom. The van der Waals surface area contributed by atoms with E-state index in [0.29, 0.717) is 49.4 Å². The number of ether oxygens (including phenoxy) is 2. The van der Waals surface area contributed by atoms with E-state index in [9.17, 15) is 9.59 Å². The van der Waals surface area contributed by atoms with E-state index in [2.05, 4.69) is 11.9 Å². The predicted molar refractivity (Wildman–Crippen MR) is 145 cm³/mol. The first-order valence-electron chi connectivity index (χ1n) is 13.1. The third kappa shape index (κ3) is 7.94. The smallest absolute Gasteiger partial charge is 0.225 e. The molecule has 0 aromatic heterocycles. The first-order chi connectivity index (χ1) is 17.8. The molecule has 2 aliphatic rings. The minimum Gasteiger partial charge on any atom is -0.490 e. The summed E-state index contributed by atoms with van der Waals surface area (Å²) in [5.41, 5.74) is 0.131. The van der Waals surface area contributed by atoms with Crippen molar-refractivity contribution in [3.8, 4) is 5.75 Å². The molecule has 37 heavy (non-hydrogen) atoms. The number of piperidine rings is 1. The zero-order valence-electron chi connectivity index (χ0n) is 21.9. The molecule has 0 saturated carbocycles. The summed E-state index contributed by atoms with van der Waals surface area (Å²) in [5, 5.41) is 0.624. The molecule has 2 saturated heterocycles. The number of carbonyl (C=O) groups is 2. The fourth-order valence-electron chi connectivity index (χ4n) is 5.05. The van der Waals surface area contributed by atoms with Crippen molar-refractivity contribution in [2.24, 2.45) is 5.92 Å². The zero-order valence-corrected chi connectivity index (χ0v) is 22.7. The fourth-order valence-corrected chi connectivity index (χ4v) is 5.17. The molecule has 2 heterocycles. The minimum absolute atomic E-state index is 0.0480. The summed E-state index contributed by atoms with van der Waals surface area (Å²) in [6, 6.07) is 17.0. The van der Waals surface area contributed by atoms with Crippen LogP contribution >= 0.6 is 11.6 Å². The molecule has 8 heteroatoms. The second-order valence-corrected chi connectivity index (χ2v) is 10.9. The van der Waals surface area contributed by atoms with Crippen LogP contribution < -0.4 is 4.74 Å². The summed E-state index contributed by atoms with van der Waals surface area (Å²) in [6.45, 7) is 3.96. The van der Waals surface area contributed by atoms with Crippen molar-refractivity contribution in [2.75, 3.05) is 53.5 Å². The second kappa shape index (κ2) is 12.8. The maximum absolute atomic E-state index is 13.4. The quantitative estimate of drug-likeness (QED) is 0.491. The Morgan fingerprint density at radius 2 is 1.78 bits per heavy atom. The standard InChI is InChI=1S/C29H38ClN3O4/c1-31-14-12-23(13-15-31)18-27(34)33-16-17-37-29(21-33,22-36-26-10-8-25(30)9-11-26)19-28(35)32(2)20-24-6-4-3-5-7-24/h3-11,23H,12-22H2,1-2H3. The van der Waals surface area contributed by atoms with E-state index in [1.807, 2.05) is 35.2 Å². The highest BCUT2D eigenvalue weighted by Crippen LogP contribution is 2.28. The Hall–Kier alpha value is -2.61. The van der Waals surface area contributed by atoms with Gasteiger partial charge in [-0.2, -0.15) is 0 Å². The summed E-state index contributed by atoms with van der Waals surface area (Å²) < 4.78 is 12.4. The van der Waals surface area contributed by atoms with Crippen molar-refractivity contribution in [1.29, 1.82) is 0 Å². The van der Waals surface area contributed by atoms with Crippen molar-refractivity contribution in [2.45, 2.75) is 37.8 Å². The molecule has 2 aliphatic heterocycles. The number of rotatable bonds is 9. The van der Waals surface area contributed by atoms with E-state index in [4.69, 9.17) is 21.1 Å². The van der Waals surface area contributed by atoms with Gasteiger partial charge < -0.3 is 24.2 Å². The lowest BCUT2D eigenvalue weighted by Gasteiger charge is -2.43. The molecule has 200 valence electrons. The molecule has 1 atom stereocenters. The third-order valence-electron chi connectivity index (χ3n) is 7.38. The molecular formula is C29H38ClN3O4. The Labute approximate surface area is 225 Å². The van der Waals surface area contributed by atoms with Crippen LogP contribution in [0.4, 0.5) is 0 Å². The van der Waals surface area contributed by atoms with Gasteiger partial charge in [-0.1, -0.05) is 41.9 Å². The summed E-state index contributed by atoms with van der Waals surface area (Å²) in [7, 11) is 3.93. The van der Waals surface area contributed by atoms with E-state index in [1.165, 1.54) is 0 Å². The van der Waals surface area contributed by atoms with Gasteiger partial charge in [0.15, 0.2) is 0 Å². The lowest BCUT2D eigenvalue weighted by Crippen LogP contribution is -2.58. The van der Waals surface area contributed by atoms with E-state index < -0.39 is 5.60 Å². The van der Waals surface area contributed by atoms with Crippen LogP contribution in [0.5, 0.6) is 5.75 Å². The average molecular weight is 528 g/mol. The Kier molecular flexibility index (Phi) is 9.46. The van der Waals surface area contributed by atoms with Gasteiger partial charge in [-0.3, -0.25) is 9.59 Å². The largest absolute Gasteiger partial charge is 0.490 e. The molecule has 2 fully saturated rings. The van der Waals surface area contributed by atoms with Gasteiger partial charge >= 0.3 is 0 Å². The van der Waals surface area contributed by atoms with Crippen LogP contribution in [0.3, 0.4) is 0 Å². The van der Waals surface area contributed by atoms with Crippen molar-refractivity contribution in [1.82, 2.24) is 14.7 Å². The minimum atomic E-state index is -0.928. The highest BCUT2D eigenvalue weighted by molar-refractivity contribution is 6.30. The number of likely N-dealkylation sites (tertiary alicyclic amines) is 1. The van der Waals surface area contributed by atoms with Gasteiger partial charge in [-0.15, -0.1) is 0 Å². The summed E-state index contributed by atoms with van der Waals surface area (Å²) in [6.07, 6.45) is 2.76. The molecule has 2 aromatic rings. The lowest BCUT2D eigenvalue weighted by molar-refractivity contribution is -0.166. The highest BCUT2D eigenvalue weighted by atomic mass is 35.5.